The van der Waals surface area contributed by atoms with Crippen LogP contribution in [-0.4, -0.2) is 96.2 Å². The fraction of sp³-hybridized carbons (Fsp3) is 0.381. The van der Waals surface area contributed by atoms with Gasteiger partial charge in [-0.05, 0) is 25.3 Å². The third kappa shape index (κ3) is 6.04. The average molecular weight is 597 g/mol. The number of hydrogen-bond donors (Lipinski definition) is 4. The highest BCUT2D eigenvalue weighted by atomic mass is 32.2. The Morgan fingerprint density at radius 1 is 1.15 bits per heavy atom. The molecular formula is C21H24N8O9S2. The highest BCUT2D eigenvalue weighted by molar-refractivity contribution is 7.91. The van der Waals surface area contributed by atoms with Crippen LogP contribution in [0.15, 0.2) is 28.1 Å². The van der Waals surface area contributed by atoms with Crippen molar-refractivity contribution >= 4 is 63.1 Å². The number of anilines is 1. The van der Waals surface area contributed by atoms with Crippen LogP contribution >= 0.6 is 11.3 Å². The molecule has 0 aliphatic carbocycles. The van der Waals surface area contributed by atoms with E-state index in [9.17, 15) is 37.2 Å². The van der Waals surface area contributed by atoms with Crippen molar-refractivity contribution < 1.29 is 41.7 Å². The van der Waals surface area contributed by atoms with Gasteiger partial charge in [-0.2, -0.15) is 8.42 Å². The molecule has 4 N–H and O–H groups in total. The van der Waals surface area contributed by atoms with Crippen LogP contribution in [0.5, 0.6) is 0 Å². The predicted molar refractivity (Wildman–Crippen MR) is 136 cm³/mol. The molecule has 19 heteroatoms. The number of likely N-dealkylation sites (tertiary alicyclic amines) is 1. The Hall–Kier alpha value is -4.52. The summed E-state index contributed by atoms with van der Waals surface area (Å²) in [7, 11) is -4.45. The molecule has 2 aliphatic rings. The Kier molecular flexibility index (Phi) is 8.05. The van der Waals surface area contributed by atoms with Crippen LogP contribution in [0.2, 0.25) is 0 Å². The van der Waals surface area contributed by atoms with Gasteiger partial charge in [0.05, 0.1) is 6.54 Å². The third-order valence-corrected chi connectivity index (χ3v) is 7.73. The van der Waals surface area contributed by atoms with E-state index < -0.39 is 58.0 Å². The van der Waals surface area contributed by atoms with Crippen LogP contribution in [0.3, 0.4) is 0 Å². The van der Waals surface area contributed by atoms with Crippen molar-refractivity contribution in [1.29, 1.82) is 0 Å². The summed E-state index contributed by atoms with van der Waals surface area (Å²) < 4.78 is 32.6. The summed E-state index contributed by atoms with van der Waals surface area (Å²) in [6, 6.07) is -0.311. The van der Waals surface area contributed by atoms with E-state index in [1.54, 1.807) is 29.2 Å². The van der Waals surface area contributed by atoms with Gasteiger partial charge in [0.2, 0.25) is 5.91 Å². The van der Waals surface area contributed by atoms with E-state index in [0.717, 1.165) is 11.3 Å². The summed E-state index contributed by atoms with van der Waals surface area (Å²) in [5.41, 5.74) is 0. The van der Waals surface area contributed by atoms with Gasteiger partial charge in [-0.1, -0.05) is 11.2 Å². The lowest BCUT2D eigenvalue weighted by Crippen LogP contribution is -2.68. The zero-order chi connectivity index (χ0) is 29.2. The largest absolute Gasteiger partial charge is 0.360 e. The lowest BCUT2D eigenvalue weighted by molar-refractivity contribution is -0.153. The molecular weight excluding hydrogens is 572 g/mol. The van der Waals surface area contributed by atoms with Gasteiger partial charge >= 0.3 is 34.1 Å². The van der Waals surface area contributed by atoms with Gasteiger partial charge in [0.15, 0.2) is 5.82 Å². The number of thiophene rings is 1. The second kappa shape index (κ2) is 11.3. The summed E-state index contributed by atoms with van der Waals surface area (Å²) in [5, 5.41) is 9.90. The molecule has 0 saturated carbocycles. The number of piperazine rings is 1. The third-order valence-electron chi connectivity index (χ3n) is 5.87. The molecule has 2 atom stereocenters. The van der Waals surface area contributed by atoms with Crippen molar-refractivity contribution in [3.8, 4) is 0 Å². The summed E-state index contributed by atoms with van der Waals surface area (Å²) in [5.74, 6) is -3.46. The van der Waals surface area contributed by atoms with Crippen LogP contribution in [0.25, 0.3) is 0 Å². The zero-order valence-electron chi connectivity index (χ0n) is 21.1. The Morgan fingerprint density at radius 3 is 2.50 bits per heavy atom. The van der Waals surface area contributed by atoms with Gasteiger partial charge < -0.3 is 20.1 Å². The Bertz CT molecular complexity index is 1460. The minimum Gasteiger partial charge on any atom is -0.360 e. The fourth-order valence-electron chi connectivity index (χ4n) is 3.81. The van der Waals surface area contributed by atoms with Gasteiger partial charge in [-0.25, -0.2) is 19.0 Å². The van der Waals surface area contributed by atoms with Gasteiger partial charge in [0.25, 0.3) is 5.91 Å². The van der Waals surface area contributed by atoms with E-state index in [4.69, 9.17) is 4.52 Å². The first kappa shape index (κ1) is 28.5. The first-order chi connectivity index (χ1) is 18.9. The average Bonchev–Trinajstić information content (AvgIpc) is 3.57. The number of likely N-dealkylation sites (N-methyl/N-ethyl adjacent to an activating group) is 1. The normalized spacial score (nSPS) is 18.2. The maximum Gasteiger partial charge on any atom is 0.339 e. The van der Waals surface area contributed by atoms with Gasteiger partial charge in [-0.15, -0.1) is 11.3 Å². The SMILES string of the molecule is CCN1CCN(C(=O)NC(C(=O)N[C@@H]2CN(C(=O)NS(=O)(=O)Nc3cc(C)on3)C2=O)c2cccs2)C(=O)C1=O. The van der Waals surface area contributed by atoms with E-state index >= 15 is 0 Å². The number of hydrogen-bond acceptors (Lipinski definition) is 11. The minimum atomic E-state index is -4.45. The summed E-state index contributed by atoms with van der Waals surface area (Å²) in [6.07, 6.45) is 0. The number of amides is 8. The number of aromatic nitrogens is 1. The molecule has 17 nitrogen and oxygen atoms in total. The molecule has 0 spiro atoms. The van der Waals surface area contributed by atoms with E-state index in [2.05, 4.69) is 15.8 Å². The molecule has 2 saturated heterocycles. The summed E-state index contributed by atoms with van der Waals surface area (Å²) in [6.45, 7) is 3.24. The number of β-lactam (4-membered cyclic amide) rings is 1. The second-order valence-electron chi connectivity index (χ2n) is 8.59. The second-order valence-corrected chi connectivity index (χ2v) is 11.0. The highest BCUT2D eigenvalue weighted by Gasteiger charge is 2.44. The molecule has 0 aromatic carbocycles. The first-order valence-electron chi connectivity index (χ1n) is 11.7. The molecule has 2 aromatic heterocycles. The maximum atomic E-state index is 13.1. The van der Waals surface area contributed by atoms with Crippen LogP contribution in [-0.2, 0) is 29.4 Å². The van der Waals surface area contributed by atoms with E-state index in [0.29, 0.717) is 27.0 Å². The van der Waals surface area contributed by atoms with E-state index in [1.165, 1.54) is 17.9 Å². The Morgan fingerprint density at radius 2 is 1.90 bits per heavy atom. The molecule has 214 valence electrons. The molecule has 2 fully saturated rings. The van der Waals surface area contributed by atoms with Crippen molar-refractivity contribution in [2.75, 3.05) is 30.9 Å². The standard InChI is InChI=1S/C21H24N8O9S2/c1-3-27-6-7-28(19(33)18(27)32)20(34)23-15(13-5-4-8-39-13)16(30)22-12-10-29(17(12)31)21(35)26-40(36,37)25-14-9-11(2)38-24-14/h4-5,8-9,12,15H,3,6-7,10H2,1-2H3,(H,22,30)(H,23,34)(H,24,25)(H,26,35)/t12-,15?/m1/s1. The monoisotopic (exact) mass is 596 g/mol. The number of urea groups is 2. The zero-order valence-corrected chi connectivity index (χ0v) is 22.7. The lowest BCUT2D eigenvalue weighted by atomic mass is 10.1. The Labute approximate surface area is 231 Å². The van der Waals surface area contributed by atoms with Crippen molar-refractivity contribution in [2.45, 2.75) is 25.9 Å². The maximum absolute atomic E-state index is 13.1. The number of nitrogens with zero attached hydrogens (tertiary/aromatic N) is 4. The number of carbonyl (C=O) groups excluding carboxylic acids is 6. The van der Waals surface area contributed by atoms with Crippen LogP contribution in [0, 0.1) is 6.92 Å². The molecule has 1 unspecified atom stereocenters. The molecule has 0 radical (unpaired) electrons. The lowest BCUT2D eigenvalue weighted by Gasteiger charge is -2.37. The van der Waals surface area contributed by atoms with Crippen molar-refractivity contribution in [2.24, 2.45) is 0 Å². The van der Waals surface area contributed by atoms with Gasteiger partial charge in [-0.3, -0.25) is 29.0 Å². The van der Waals surface area contributed by atoms with Gasteiger partial charge in [0, 0.05) is 30.6 Å². The number of nitrogens with one attached hydrogen (secondary N) is 4. The molecule has 40 heavy (non-hydrogen) atoms. The molecule has 2 aliphatic heterocycles. The summed E-state index contributed by atoms with van der Waals surface area (Å²) >= 11 is 1.12. The van der Waals surface area contributed by atoms with E-state index in [-0.39, 0.29) is 25.5 Å². The minimum absolute atomic E-state index is 0.0672. The molecule has 0 bridgehead atoms. The predicted octanol–water partition coefficient (Wildman–Crippen LogP) is -1.12. The number of imide groups is 2. The van der Waals surface area contributed by atoms with Crippen molar-refractivity contribution in [3.05, 3.63) is 34.2 Å². The van der Waals surface area contributed by atoms with Crippen molar-refractivity contribution in [1.82, 2.24) is 35.2 Å². The van der Waals surface area contributed by atoms with Crippen LogP contribution in [0.1, 0.15) is 23.6 Å². The molecule has 4 rings (SSSR count). The molecule has 2 aromatic rings. The summed E-state index contributed by atoms with van der Waals surface area (Å²) in [4.78, 5) is 78.2. The highest BCUT2D eigenvalue weighted by Crippen LogP contribution is 2.21. The van der Waals surface area contributed by atoms with Gasteiger partial charge in [0.1, 0.15) is 17.8 Å². The first-order valence-corrected chi connectivity index (χ1v) is 14.1. The quantitative estimate of drug-likeness (QED) is 0.212. The number of aryl methyl sites for hydroxylation is 1. The van der Waals surface area contributed by atoms with Crippen LogP contribution < -0.4 is 20.1 Å². The van der Waals surface area contributed by atoms with Crippen LogP contribution in [0.4, 0.5) is 15.4 Å². The van der Waals surface area contributed by atoms with Crippen molar-refractivity contribution in [3.63, 3.8) is 0 Å². The smallest absolute Gasteiger partial charge is 0.339 e. The molecule has 8 amide bonds. The van der Waals surface area contributed by atoms with E-state index in [1.807, 2.05) is 4.72 Å². The number of rotatable bonds is 8. The molecule has 4 heterocycles. The number of carbonyl (C=O) groups is 6. The topological polar surface area (TPSA) is 220 Å². The Balaban J connectivity index is 1.35. The fourth-order valence-corrected chi connectivity index (χ4v) is 5.35.